The highest BCUT2D eigenvalue weighted by atomic mass is 35.5. The Labute approximate surface area is 105 Å². The van der Waals surface area contributed by atoms with Gasteiger partial charge in [-0.25, -0.2) is 9.97 Å². The van der Waals surface area contributed by atoms with E-state index in [4.69, 9.17) is 16.3 Å². The summed E-state index contributed by atoms with van der Waals surface area (Å²) < 4.78 is 17.9. The molecule has 0 saturated carbocycles. The minimum atomic E-state index is -0.743. The van der Waals surface area contributed by atoms with Crippen molar-refractivity contribution in [3.05, 3.63) is 51.7 Å². The van der Waals surface area contributed by atoms with E-state index in [1.54, 1.807) is 0 Å². The van der Waals surface area contributed by atoms with Crippen LogP contribution in [0, 0.1) is 16.1 Å². The number of nitro benzene ring substituents is 1. The second kappa shape index (κ2) is 4.92. The molecule has 2 rings (SSSR count). The lowest BCUT2D eigenvalue weighted by atomic mass is 10.3. The van der Waals surface area contributed by atoms with Gasteiger partial charge in [0.25, 0.3) is 5.69 Å². The number of aromatic nitrogens is 2. The van der Waals surface area contributed by atoms with Gasteiger partial charge in [-0.05, 0) is 6.07 Å². The molecular formula is C10H5ClFN3O3. The highest BCUT2D eigenvalue weighted by Gasteiger charge is 2.13. The van der Waals surface area contributed by atoms with Crippen LogP contribution in [0.15, 0.2) is 30.6 Å². The lowest BCUT2D eigenvalue weighted by Gasteiger charge is -2.04. The molecule has 2 aromatic rings. The van der Waals surface area contributed by atoms with Crippen LogP contribution in [0.3, 0.4) is 0 Å². The van der Waals surface area contributed by atoms with Crippen molar-refractivity contribution in [2.45, 2.75) is 0 Å². The molecule has 0 radical (unpaired) electrons. The zero-order valence-electron chi connectivity index (χ0n) is 8.71. The number of hydrogen-bond acceptors (Lipinski definition) is 5. The Morgan fingerprint density at radius 2 is 2.11 bits per heavy atom. The van der Waals surface area contributed by atoms with Gasteiger partial charge < -0.3 is 4.74 Å². The van der Waals surface area contributed by atoms with Gasteiger partial charge >= 0.3 is 0 Å². The van der Waals surface area contributed by atoms with Crippen LogP contribution in [0.4, 0.5) is 10.1 Å². The van der Waals surface area contributed by atoms with Crippen LogP contribution in [0.1, 0.15) is 0 Å². The molecule has 0 fully saturated rings. The predicted molar refractivity (Wildman–Crippen MR) is 60.2 cm³/mol. The molecule has 0 unspecified atom stereocenters. The van der Waals surface area contributed by atoms with Gasteiger partial charge in [-0.15, -0.1) is 0 Å². The second-order valence-corrected chi connectivity index (χ2v) is 3.56. The molecule has 0 atom stereocenters. The molecule has 0 saturated heterocycles. The van der Waals surface area contributed by atoms with Crippen molar-refractivity contribution >= 4 is 17.3 Å². The maximum atomic E-state index is 12.8. The molecule has 0 aliphatic rings. The number of hydrogen-bond donors (Lipinski definition) is 0. The summed E-state index contributed by atoms with van der Waals surface area (Å²) in [5.41, 5.74) is -0.238. The predicted octanol–water partition coefficient (Wildman–Crippen LogP) is 2.97. The third kappa shape index (κ3) is 2.69. The van der Waals surface area contributed by atoms with Gasteiger partial charge in [-0.1, -0.05) is 11.6 Å². The van der Waals surface area contributed by atoms with Crippen LogP contribution in [0.2, 0.25) is 5.02 Å². The van der Waals surface area contributed by atoms with Gasteiger partial charge in [0.1, 0.15) is 17.1 Å². The normalized spacial score (nSPS) is 10.1. The topological polar surface area (TPSA) is 78.2 Å². The van der Waals surface area contributed by atoms with Crippen LogP contribution < -0.4 is 4.74 Å². The summed E-state index contributed by atoms with van der Waals surface area (Å²) in [6.07, 6.45) is 0.998. The standard InChI is InChI=1S/C10H5ClFN3O3/c11-7-3-6(1-2-8(7)15(16)17)18-10-4-9(12)13-5-14-10/h1-5H. The van der Waals surface area contributed by atoms with Gasteiger partial charge in [0.2, 0.25) is 11.8 Å². The van der Waals surface area contributed by atoms with Crippen molar-refractivity contribution < 1.29 is 14.1 Å². The molecule has 6 nitrogen and oxygen atoms in total. The van der Waals surface area contributed by atoms with Crippen LogP contribution in [0.25, 0.3) is 0 Å². The molecule has 18 heavy (non-hydrogen) atoms. The molecule has 0 amide bonds. The fourth-order valence-electron chi connectivity index (χ4n) is 1.19. The minimum Gasteiger partial charge on any atom is -0.439 e. The summed E-state index contributed by atoms with van der Waals surface area (Å²) in [6.45, 7) is 0. The van der Waals surface area contributed by atoms with Crippen molar-refractivity contribution in [3.63, 3.8) is 0 Å². The fraction of sp³-hybridized carbons (Fsp3) is 0. The van der Waals surface area contributed by atoms with E-state index in [-0.39, 0.29) is 22.3 Å². The second-order valence-electron chi connectivity index (χ2n) is 3.15. The van der Waals surface area contributed by atoms with Gasteiger partial charge in [0, 0.05) is 12.1 Å². The summed E-state index contributed by atoms with van der Waals surface area (Å²) in [7, 11) is 0. The third-order valence-electron chi connectivity index (χ3n) is 1.95. The van der Waals surface area contributed by atoms with Crippen LogP contribution >= 0.6 is 11.6 Å². The number of nitrogens with zero attached hydrogens (tertiary/aromatic N) is 3. The van der Waals surface area contributed by atoms with Gasteiger partial charge in [0.15, 0.2) is 0 Å². The maximum Gasteiger partial charge on any atom is 0.288 e. The first-order valence-corrected chi connectivity index (χ1v) is 5.03. The van der Waals surface area contributed by atoms with E-state index < -0.39 is 10.9 Å². The summed E-state index contributed by atoms with van der Waals surface area (Å²) in [5.74, 6) is -0.552. The van der Waals surface area contributed by atoms with Crippen molar-refractivity contribution in [1.29, 1.82) is 0 Å². The Morgan fingerprint density at radius 1 is 1.33 bits per heavy atom. The maximum absolute atomic E-state index is 12.8. The fourth-order valence-corrected chi connectivity index (χ4v) is 1.43. The number of benzene rings is 1. The molecule has 1 aromatic carbocycles. The molecule has 1 aromatic heterocycles. The van der Waals surface area contributed by atoms with E-state index in [0.29, 0.717) is 0 Å². The molecule has 0 aliphatic heterocycles. The molecule has 92 valence electrons. The van der Waals surface area contributed by atoms with E-state index >= 15 is 0 Å². The first-order chi connectivity index (χ1) is 8.56. The summed E-state index contributed by atoms with van der Waals surface area (Å²) in [4.78, 5) is 16.9. The Morgan fingerprint density at radius 3 is 2.72 bits per heavy atom. The lowest BCUT2D eigenvalue weighted by Crippen LogP contribution is -1.93. The van der Waals surface area contributed by atoms with Crippen molar-refractivity contribution in [1.82, 2.24) is 9.97 Å². The zero-order valence-corrected chi connectivity index (χ0v) is 9.46. The van der Waals surface area contributed by atoms with Crippen molar-refractivity contribution in [2.24, 2.45) is 0 Å². The van der Waals surface area contributed by atoms with E-state index in [1.165, 1.54) is 18.2 Å². The lowest BCUT2D eigenvalue weighted by molar-refractivity contribution is -0.384. The highest BCUT2D eigenvalue weighted by Crippen LogP contribution is 2.30. The minimum absolute atomic E-state index is 0.0209. The summed E-state index contributed by atoms with van der Waals surface area (Å²) in [5, 5.41) is 10.5. The molecule has 0 aliphatic carbocycles. The van der Waals surface area contributed by atoms with Gasteiger partial charge in [0.05, 0.1) is 11.0 Å². The SMILES string of the molecule is O=[N+]([O-])c1ccc(Oc2cc(F)ncn2)cc1Cl. The molecular weight excluding hydrogens is 265 g/mol. The van der Waals surface area contributed by atoms with E-state index in [0.717, 1.165) is 12.4 Å². The third-order valence-corrected chi connectivity index (χ3v) is 2.25. The van der Waals surface area contributed by atoms with Crippen LogP contribution in [-0.4, -0.2) is 14.9 Å². The Hall–Kier alpha value is -2.28. The molecule has 8 heteroatoms. The number of rotatable bonds is 3. The van der Waals surface area contributed by atoms with Crippen molar-refractivity contribution in [2.75, 3.05) is 0 Å². The average Bonchev–Trinajstić information content (AvgIpc) is 2.28. The van der Waals surface area contributed by atoms with Gasteiger partial charge in [-0.3, -0.25) is 10.1 Å². The zero-order chi connectivity index (χ0) is 13.1. The number of ether oxygens (including phenoxy) is 1. The highest BCUT2D eigenvalue weighted by molar-refractivity contribution is 6.32. The first kappa shape index (κ1) is 12.2. The average molecular weight is 270 g/mol. The summed E-state index contributed by atoms with van der Waals surface area (Å²) >= 11 is 5.69. The monoisotopic (exact) mass is 269 g/mol. The quantitative estimate of drug-likeness (QED) is 0.486. The van der Waals surface area contributed by atoms with E-state index in [2.05, 4.69) is 9.97 Å². The number of halogens is 2. The Balaban J connectivity index is 2.25. The molecule has 0 N–H and O–H groups in total. The summed E-state index contributed by atoms with van der Waals surface area (Å²) in [6, 6.07) is 4.76. The van der Waals surface area contributed by atoms with Gasteiger partial charge in [-0.2, -0.15) is 4.39 Å². The van der Waals surface area contributed by atoms with Crippen LogP contribution in [-0.2, 0) is 0 Å². The largest absolute Gasteiger partial charge is 0.439 e. The smallest absolute Gasteiger partial charge is 0.288 e. The van der Waals surface area contributed by atoms with Crippen molar-refractivity contribution in [3.8, 4) is 11.6 Å². The number of nitro groups is 1. The first-order valence-electron chi connectivity index (χ1n) is 4.65. The Bertz CT molecular complexity index is 609. The van der Waals surface area contributed by atoms with Crippen LogP contribution in [0.5, 0.6) is 11.6 Å². The van der Waals surface area contributed by atoms with E-state index in [1.807, 2.05) is 0 Å². The molecule has 0 bridgehead atoms. The Kier molecular flexibility index (Phi) is 3.33. The van der Waals surface area contributed by atoms with E-state index in [9.17, 15) is 14.5 Å². The molecule has 0 spiro atoms. The molecule has 1 heterocycles.